The number of nitrogens with one attached hydrogen (secondary N) is 1. The maximum absolute atomic E-state index is 12.8. The Balaban J connectivity index is 2.51. The zero-order valence-electron chi connectivity index (χ0n) is 17.1. The van der Waals surface area contributed by atoms with Crippen LogP contribution in [-0.4, -0.2) is 55.2 Å². The quantitative estimate of drug-likeness (QED) is 0.437. The fourth-order valence-corrected chi connectivity index (χ4v) is 4.36. The number of aromatic nitrogens is 2. The fraction of sp³-hybridized carbons (Fsp3) is 0.389. The molecule has 31 heavy (non-hydrogen) atoms. The molecule has 2 rings (SSSR count). The highest BCUT2D eigenvalue weighted by atomic mass is 35.5. The van der Waals surface area contributed by atoms with Gasteiger partial charge in [0.2, 0.25) is 15.0 Å². The van der Waals surface area contributed by atoms with Crippen LogP contribution in [0.2, 0.25) is 5.02 Å². The molecule has 1 N–H and O–H groups in total. The van der Waals surface area contributed by atoms with E-state index in [1.807, 2.05) is 0 Å². The number of carbonyl (C=O) groups excluding carboxylic acids is 3. The third-order valence-electron chi connectivity index (χ3n) is 3.91. The number of anilines is 1. The molecule has 0 radical (unpaired) electrons. The van der Waals surface area contributed by atoms with E-state index in [2.05, 4.69) is 15.3 Å². The van der Waals surface area contributed by atoms with E-state index in [1.54, 1.807) is 13.8 Å². The van der Waals surface area contributed by atoms with Crippen LogP contribution in [0.3, 0.4) is 0 Å². The predicted octanol–water partition coefficient (Wildman–Crippen LogP) is 2.90. The van der Waals surface area contributed by atoms with E-state index in [4.69, 9.17) is 21.1 Å². The molecule has 2 heterocycles. The number of ether oxygens (including phenoxy) is 2. The summed E-state index contributed by atoms with van der Waals surface area (Å²) in [4.78, 5) is 45.0. The highest BCUT2D eigenvalue weighted by Gasteiger charge is 2.29. The molecule has 0 bridgehead atoms. The van der Waals surface area contributed by atoms with Crippen LogP contribution < -0.4 is 5.32 Å². The Labute approximate surface area is 187 Å². The molecule has 1 amide bonds. The first-order chi connectivity index (χ1) is 14.6. The Morgan fingerprint density at radius 2 is 1.74 bits per heavy atom. The summed E-state index contributed by atoms with van der Waals surface area (Å²) < 4.78 is 34.1. The summed E-state index contributed by atoms with van der Waals surface area (Å²) in [5.74, 6) is -2.56. The van der Waals surface area contributed by atoms with E-state index in [-0.39, 0.29) is 45.0 Å². The zero-order chi connectivity index (χ0) is 23.3. The molecule has 168 valence electrons. The number of rotatable bonds is 8. The van der Waals surface area contributed by atoms with Crippen LogP contribution in [-0.2, 0) is 19.3 Å². The summed E-state index contributed by atoms with van der Waals surface area (Å²) in [6.45, 7) is 6.37. The van der Waals surface area contributed by atoms with Crippen molar-refractivity contribution in [1.82, 2.24) is 9.97 Å². The van der Waals surface area contributed by atoms with Gasteiger partial charge in [-0.3, -0.25) is 4.79 Å². The minimum atomic E-state index is -3.79. The Kier molecular flexibility index (Phi) is 8.09. The molecule has 0 atom stereocenters. The Morgan fingerprint density at radius 3 is 2.32 bits per heavy atom. The average Bonchev–Trinajstić information content (AvgIpc) is 3.04. The van der Waals surface area contributed by atoms with E-state index >= 15 is 0 Å². The van der Waals surface area contributed by atoms with Crippen LogP contribution in [0, 0.1) is 6.92 Å². The SMILES string of the molecule is CCOC(=O)c1sc(NC(=O)c2nc(S(=O)(=O)CC)ncc2Cl)c(C(=O)OCC)c1C. The van der Waals surface area contributed by atoms with Crippen molar-refractivity contribution < 1.29 is 32.3 Å². The number of halogens is 1. The lowest BCUT2D eigenvalue weighted by atomic mass is 10.1. The molecule has 2 aromatic heterocycles. The molecule has 10 nitrogen and oxygen atoms in total. The van der Waals surface area contributed by atoms with Crippen LogP contribution >= 0.6 is 22.9 Å². The average molecular weight is 490 g/mol. The molecule has 0 saturated heterocycles. The van der Waals surface area contributed by atoms with Gasteiger partial charge in [0.05, 0.1) is 35.7 Å². The van der Waals surface area contributed by atoms with Gasteiger partial charge in [0, 0.05) is 0 Å². The minimum absolute atomic E-state index is 0.0126. The fourth-order valence-electron chi connectivity index (χ4n) is 2.39. The number of nitrogens with zero attached hydrogens (tertiary/aromatic N) is 2. The molecule has 0 aliphatic carbocycles. The number of sulfone groups is 1. The smallest absolute Gasteiger partial charge is 0.348 e. The lowest BCUT2D eigenvalue weighted by Crippen LogP contribution is -2.19. The molecular weight excluding hydrogens is 470 g/mol. The van der Waals surface area contributed by atoms with Gasteiger partial charge in [0.15, 0.2) is 5.69 Å². The summed E-state index contributed by atoms with van der Waals surface area (Å²) in [6, 6.07) is 0. The highest BCUT2D eigenvalue weighted by molar-refractivity contribution is 7.91. The number of hydrogen-bond donors (Lipinski definition) is 1. The second-order valence-corrected chi connectivity index (χ2v) is 9.51. The van der Waals surface area contributed by atoms with Crippen LogP contribution in [0.1, 0.15) is 56.9 Å². The van der Waals surface area contributed by atoms with Gasteiger partial charge >= 0.3 is 11.9 Å². The Morgan fingerprint density at radius 1 is 1.13 bits per heavy atom. The Hall–Kier alpha value is -2.57. The van der Waals surface area contributed by atoms with Crippen molar-refractivity contribution in [2.45, 2.75) is 32.9 Å². The molecule has 0 saturated carbocycles. The first-order valence-corrected chi connectivity index (χ1v) is 12.0. The maximum Gasteiger partial charge on any atom is 0.348 e. The topological polar surface area (TPSA) is 142 Å². The van der Waals surface area contributed by atoms with E-state index in [9.17, 15) is 22.8 Å². The Bertz CT molecular complexity index is 1130. The van der Waals surface area contributed by atoms with Gasteiger partial charge in [0.25, 0.3) is 5.91 Å². The summed E-state index contributed by atoms with van der Waals surface area (Å²) in [6.07, 6.45) is 1.00. The van der Waals surface area contributed by atoms with E-state index in [1.165, 1.54) is 13.8 Å². The summed E-state index contributed by atoms with van der Waals surface area (Å²) >= 11 is 6.81. The summed E-state index contributed by atoms with van der Waals surface area (Å²) in [5, 5.41) is 1.73. The number of esters is 2. The van der Waals surface area contributed by atoms with Gasteiger partial charge in [0.1, 0.15) is 9.88 Å². The van der Waals surface area contributed by atoms with Crippen molar-refractivity contribution in [2.24, 2.45) is 0 Å². The lowest BCUT2D eigenvalue weighted by Gasteiger charge is -2.08. The highest BCUT2D eigenvalue weighted by Crippen LogP contribution is 2.35. The third-order valence-corrected chi connectivity index (χ3v) is 6.89. The number of carbonyl (C=O) groups is 3. The van der Waals surface area contributed by atoms with Gasteiger partial charge in [-0.05, 0) is 26.3 Å². The van der Waals surface area contributed by atoms with Gasteiger partial charge in [-0.25, -0.2) is 28.0 Å². The van der Waals surface area contributed by atoms with Gasteiger partial charge < -0.3 is 14.8 Å². The molecule has 0 aliphatic rings. The minimum Gasteiger partial charge on any atom is -0.462 e. The van der Waals surface area contributed by atoms with Crippen LogP contribution in [0.15, 0.2) is 11.4 Å². The molecule has 0 aliphatic heterocycles. The third kappa shape index (κ3) is 5.38. The number of amides is 1. The molecule has 2 aromatic rings. The molecule has 0 fully saturated rings. The molecule has 0 spiro atoms. The summed E-state index contributed by atoms with van der Waals surface area (Å²) in [7, 11) is -3.79. The van der Waals surface area contributed by atoms with Gasteiger partial charge in [-0.15, -0.1) is 11.3 Å². The first-order valence-electron chi connectivity index (χ1n) is 9.11. The summed E-state index contributed by atoms with van der Waals surface area (Å²) in [5.41, 5.74) is -0.141. The van der Waals surface area contributed by atoms with Crippen molar-refractivity contribution in [3.63, 3.8) is 0 Å². The molecule has 0 aromatic carbocycles. The van der Waals surface area contributed by atoms with Crippen LogP contribution in [0.25, 0.3) is 0 Å². The monoisotopic (exact) mass is 489 g/mol. The predicted molar refractivity (Wildman–Crippen MR) is 114 cm³/mol. The molecular formula is C18H20ClN3O7S2. The number of thiophene rings is 1. The van der Waals surface area contributed by atoms with Crippen molar-refractivity contribution >= 4 is 55.6 Å². The van der Waals surface area contributed by atoms with E-state index < -0.39 is 38.5 Å². The van der Waals surface area contributed by atoms with E-state index in [0.717, 1.165) is 17.5 Å². The van der Waals surface area contributed by atoms with Gasteiger partial charge in [-0.2, -0.15) is 0 Å². The second kappa shape index (κ2) is 10.2. The number of hydrogen-bond acceptors (Lipinski definition) is 10. The lowest BCUT2D eigenvalue weighted by molar-refractivity contribution is 0.0527. The van der Waals surface area contributed by atoms with Crippen LogP contribution in [0.5, 0.6) is 0 Å². The second-order valence-electron chi connectivity index (χ2n) is 5.91. The maximum atomic E-state index is 12.8. The normalized spacial score (nSPS) is 11.1. The van der Waals surface area contributed by atoms with Crippen molar-refractivity contribution in [2.75, 3.05) is 24.3 Å². The first kappa shape index (κ1) is 24.7. The molecule has 13 heteroatoms. The van der Waals surface area contributed by atoms with Crippen molar-refractivity contribution in [3.8, 4) is 0 Å². The standard InChI is InChI=1S/C18H20ClN3O7S2/c1-5-28-16(24)11-9(4)13(17(25)29-6-2)30-15(11)22-14(23)12-10(19)8-20-18(21-12)31(26,27)7-3/h8H,5-7H2,1-4H3,(H,22,23). The zero-order valence-corrected chi connectivity index (χ0v) is 19.5. The molecule has 0 unspecified atom stereocenters. The van der Waals surface area contributed by atoms with E-state index in [0.29, 0.717) is 0 Å². The van der Waals surface area contributed by atoms with Crippen molar-refractivity contribution in [1.29, 1.82) is 0 Å². The van der Waals surface area contributed by atoms with Crippen LogP contribution in [0.4, 0.5) is 5.00 Å². The van der Waals surface area contributed by atoms with Crippen molar-refractivity contribution in [3.05, 3.63) is 32.9 Å². The van der Waals surface area contributed by atoms with Gasteiger partial charge in [-0.1, -0.05) is 18.5 Å². The largest absolute Gasteiger partial charge is 0.462 e.